The summed E-state index contributed by atoms with van der Waals surface area (Å²) in [6.45, 7) is 0.328. The normalized spacial score (nSPS) is 13.1. The molecular formula is C22H16Cl2N2O5. The lowest BCUT2D eigenvalue weighted by Crippen LogP contribution is -2.31. The number of Topliss-reactive ketones (excluding diaryl/α,β-unsaturated/α-hetero) is 1. The Hall–Kier alpha value is -3.29. The number of hydrogen-bond acceptors (Lipinski definition) is 5. The zero-order chi connectivity index (χ0) is 22.1. The summed E-state index contributed by atoms with van der Waals surface area (Å²) in [5.41, 5.74) is 1.95. The van der Waals surface area contributed by atoms with Crippen LogP contribution in [0.4, 0.5) is 0 Å². The number of esters is 1. The molecule has 4 rings (SSSR count). The van der Waals surface area contributed by atoms with E-state index in [9.17, 15) is 14.4 Å². The van der Waals surface area contributed by atoms with E-state index in [2.05, 4.69) is 5.32 Å². The second kappa shape index (κ2) is 8.45. The van der Waals surface area contributed by atoms with Crippen molar-refractivity contribution in [2.75, 3.05) is 13.7 Å². The van der Waals surface area contributed by atoms with Gasteiger partial charge in [0.05, 0.1) is 29.3 Å². The number of rotatable bonds is 6. The molecule has 1 aliphatic heterocycles. The minimum atomic E-state index is -0.882. The van der Waals surface area contributed by atoms with E-state index in [0.29, 0.717) is 33.2 Å². The average Bonchev–Trinajstić information content (AvgIpc) is 3.31. The number of ketones is 1. The summed E-state index contributed by atoms with van der Waals surface area (Å²) in [6.07, 6.45) is 2.72. The van der Waals surface area contributed by atoms with Crippen LogP contribution < -0.4 is 10.1 Å². The zero-order valence-electron chi connectivity index (χ0n) is 16.3. The Morgan fingerprint density at radius 3 is 2.55 bits per heavy atom. The van der Waals surface area contributed by atoms with Crippen LogP contribution in [0.1, 0.15) is 15.9 Å². The average molecular weight is 459 g/mol. The van der Waals surface area contributed by atoms with Crippen molar-refractivity contribution in [1.82, 2.24) is 9.88 Å². The second-order valence-corrected chi connectivity index (χ2v) is 7.73. The minimum Gasteiger partial charge on any atom is -0.496 e. The summed E-state index contributed by atoms with van der Waals surface area (Å²) >= 11 is 12.2. The molecule has 0 aliphatic carbocycles. The molecule has 1 amide bonds. The van der Waals surface area contributed by atoms with Gasteiger partial charge < -0.3 is 19.4 Å². The summed E-state index contributed by atoms with van der Waals surface area (Å²) in [6, 6.07) is 10.6. The first-order chi connectivity index (χ1) is 14.9. The number of aromatic nitrogens is 1. The van der Waals surface area contributed by atoms with E-state index in [1.54, 1.807) is 30.5 Å². The van der Waals surface area contributed by atoms with E-state index < -0.39 is 17.7 Å². The van der Waals surface area contributed by atoms with Crippen LogP contribution in [0, 0.1) is 0 Å². The van der Waals surface area contributed by atoms with E-state index in [1.807, 2.05) is 16.7 Å². The molecule has 9 heteroatoms. The molecule has 1 aromatic heterocycles. The molecule has 0 radical (unpaired) electrons. The predicted molar refractivity (Wildman–Crippen MR) is 116 cm³/mol. The van der Waals surface area contributed by atoms with Gasteiger partial charge in [-0.25, -0.2) is 4.79 Å². The Labute approximate surface area is 187 Å². The number of nitrogens with one attached hydrogen (secondary N) is 1. The zero-order valence-corrected chi connectivity index (χ0v) is 17.8. The quantitative estimate of drug-likeness (QED) is 0.345. The molecule has 2 heterocycles. The molecule has 0 saturated carbocycles. The third-order valence-corrected chi connectivity index (χ3v) is 5.25. The molecule has 0 bridgehead atoms. The van der Waals surface area contributed by atoms with Crippen LogP contribution in [0.2, 0.25) is 10.0 Å². The van der Waals surface area contributed by atoms with Crippen LogP contribution >= 0.6 is 23.2 Å². The number of ether oxygens (including phenoxy) is 2. The Bertz CT molecular complexity index is 1250. The van der Waals surface area contributed by atoms with E-state index in [-0.39, 0.29) is 17.9 Å². The highest BCUT2D eigenvalue weighted by molar-refractivity contribution is 6.45. The van der Waals surface area contributed by atoms with E-state index in [1.165, 1.54) is 7.11 Å². The fraction of sp³-hybridized carbons (Fsp3) is 0.136. The van der Waals surface area contributed by atoms with Gasteiger partial charge in [0, 0.05) is 28.9 Å². The fourth-order valence-corrected chi connectivity index (χ4v) is 3.71. The van der Waals surface area contributed by atoms with Gasteiger partial charge in [-0.1, -0.05) is 35.3 Å². The Morgan fingerprint density at radius 1 is 1.16 bits per heavy atom. The van der Waals surface area contributed by atoms with Crippen LogP contribution in [0.3, 0.4) is 0 Å². The first kappa shape index (κ1) is 21.0. The molecule has 0 spiro atoms. The van der Waals surface area contributed by atoms with E-state index in [0.717, 1.165) is 11.6 Å². The number of carbonyl (C=O) groups excluding carboxylic acids is 3. The standard InChI is InChI=1S/C22H16Cl2N2O5/c1-30-18-7-14(24)6-17-20(18)16(10-26(17)9-12-2-4-13(23)5-3-12)21(28)22(29)25-15-8-19(27)31-11-15/h2-8,10H,9,11H2,1H3,(H,25,29). The number of benzene rings is 2. The monoisotopic (exact) mass is 458 g/mol. The number of fused-ring (bicyclic) bond motifs is 1. The number of cyclic esters (lactones) is 1. The molecule has 0 atom stereocenters. The highest BCUT2D eigenvalue weighted by atomic mass is 35.5. The molecule has 1 N–H and O–H groups in total. The van der Waals surface area contributed by atoms with Gasteiger partial charge in [0.2, 0.25) is 0 Å². The Morgan fingerprint density at radius 2 is 1.90 bits per heavy atom. The SMILES string of the molecule is COc1cc(Cl)cc2c1c(C(=O)C(=O)NC1=CC(=O)OC1)cn2Cc1ccc(Cl)cc1. The van der Waals surface area contributed by atoms with Gasteiger partial charge in [-0.2, -0.15) is 0 Å². The van der Waals surface area contributed by atoms with Crippen molar-refractivity contribution in [2.24, 2.45) is 0 Å². The van der Waals surface area contributed by atoms with Gasteiger partial charge in [-0.05, 0) is 29.8 Å². The molecule has 0 saturated heterocycles. The predicted octanol–water partition coefficient (Wildman–Crippen LogP) is 3.74. The highest BCUT2D eigenvalue weighted by Gasteiger charge is 2.26. The number of halogens is 2. The van der Waals surface area contributed by atoms with Crippen molar-refractivity contribution in [2.45, 2.75) is 6.54 Å². The first-order valence-electron chi connectivity index (χ1n) is 9.19. The third-order valence-electron chi connectivity index (χ3n) is 4.78. The van der Waals surface area contributed by atoms with Gasteiger partial charge in [-0.15, -0.1) is 0 Å². The summed E-state index contributed by atoms with van der Waals surface area (Å²) < 4.78 is 12.0. The van der Waals surface area contributed by atoms with Gasteiger partial charge in [0.15, 0.2) is 0 Å². The van der Waals surface area contributed by atoms with Crippen molar-refractivity contribution in [1.29, 1.82) is 0 Å². The number of nitrogens with zero attached hydrogens (tertiary/aromatic N) is 1. The summed E-state index contributed by atoms with van der Waals surface area (Å²) in [7, 11) is 1.46. The molecule has 1 aliphatic rings. The molecule has 0 unspecified atom stereocenters. The summed E-state index contributed by atoms with van der Waals surface area (Å²) in [4.78, 5) is 36.8. The van der Waals surface area contributed by atoms with Gasteiger partial charge >= 0.3 is 5.97 Å². The van der Waals surface area contributed by atoms with Crippen molar-refractivity contribution < 1.29 is 23.9 Å². The molecule has 31 heavy (non-hydrogen) atoms. The molecular weight excluding hydrogens is 443 g/mol. The summed E-state index contributed by atoms with van der Waals surface area (Å²) in [5, 5.41) is 3.93. The molecule has 2 aromatic carbocycles. The van der Waals surface area contributed by atoms with Crippen molar-refractivity contribution >= 4 is 51.8 Å². The molecule has 7 nitrogen and oxygen atoms in total. The molecule has 0 fully saturated rings. The first-order valence-corrected chi connectivity index (χ1v) is 9.95. The number of hydrogen-bond donors (Lipinski definition) is 1. The topological polar surface area (TPSA) is 86.6 Å². The van der Waals surface area contributed by atoms with Gasteiger partial charge in [0.25, 0.3) is 11.7 Å². The van der Waals surface area contributed by atoms with Crippen LogP contribution in [0.25, 0.3) is 10.9 Å². The minimum absolute atomic E-state index is 0.0882. The number of methoxy groups -OCH3 is 1. The second-order valence-electron chi connectivity index (χ2n) is 6.86. The lowest BCUT2D eigenvalue weighted by atomic mass is 10.1. The maximum atomic E-state index is 13.0. The van der Waals surface area contributed by atoms with E-state index in [4.69, 9.17) is 32.7 Å². The van der Waals surface area contributed by atoms with Crippen molar-refractivity contribution in [3.05, 3.63) is 75.5 Å². The molecule has 158 valence electrons. The highest BCUT2D eigenvalue weighted by Crippen LogP contribution is 2.35. The maximum absolute atomic E-state index is 13.0. The van der Waals surface area contributed by atoms with Crippen molar-refractivity contribution in [3.63, 3.8) is 0 Å². The van der Waals surface area contributed by atoms with Crippen molar-refractivity contribution in [3.8, 4) is 5.75 Å². The van der Waals surface area contributed by atoms with Gasteiger partial charge in [0.1, 0.15) is 12.4 Å². The Kier molecular flexibility index (Phi) is 5.71. The lowest BCUT2D eigenvalue weighted by Gasteiger charge is -2.08. The maximum Gasteiger partial charge on any atom is 0.333 e. The number of amides is 1. The Balaban J connectivity index is 1.76. The van der Waals surface area contributed by atoms with Gasteiger partial charge in [-0.3, -0.25) is 9.59 Å². The number of carbonyl (C=O) groups is 3. The van der Waals surface area contributed by atoms with Crippen LogP contribution in [0.5, 0.6) is 5.75 Å². The smallest absolute Gasteiger partial charge is 0.333 e. The molecule has 3 aromatic rings. The van der Waals surface area contributed by atoms with Crippen LogP contribution in [0.15, 0.2) is 54.4 Å². The fourth-order valence-electron chi connectivity index (χ4n) is 3.38. The third kappa shape index (κ3) is 4.28. The van der Waals surface area contributed by atoms with E-state index >= 15 is 0 Å². The lowest BCUT2D eigenvalue weighted by molar-refractivity contribution is -0.135. The van der Waals surface area contributed by atoms with Crippen LogP contribution in [-0.2, 0) is 20.9 Å². The van der Waals surface area contributed by atoms with Crippen LogP contribution in [-0.4, -0.2) is 35.9 Å². The largest absolute Gasteiger partial charge is 0.496 e. The summed E-state index contributed by atoms with van der Waals surface area (Å²) in [5.74, 6) is -1.86.